The van der Waals surface area contributed by atoms with Crippen LogP contribution in [0.2, 0.25) is 0 Å². The minimum absolute atomic E-state index is 0. The van der Waals surface area contributed by atoms with Gasteiger partial charge in [-0.15, -0.1) is 35.3 Å². The summed E-state index contributed by atoms with van der Waals surface area (Å²) >= 11 is 1.73. The average Bonchev–Trinajstić information content (AvgIpc) is 3.14. The molecule has 0 atom stereocenters. The van der Waals surface area contributed by atoms with Crippen LogP contribution in [0.15, 0.2) is 28.6 Å². The molecule has 0 amide bonds. The zero-order valence-corrected chi connectivity index (χ0v) is 21.0. The van der Waals surface area contributed by atoms with Crippen LogP contribution in [0.3, 0.4) is 0 Å². The molecule has 0 spiro atoms. The number of thiazole rings is 1. The van der Waals surface area contributed by atoms with Crippen molar-refractivity contribution < 1.29 is 9.47 Å². The van der Waals surface area contributed by atoms with E-state index in [1.54, 1.807) is 11.3 Å². The normalized spacial score (nSPS) is 13.6. The number of halogens is 1. The molecule has 8 heteroatoms. The number of benzene rings is 1. The monoisotopic (exact) mass is 530 g/mol. The van der Waals surface area contributed by atoms with Gasteiger partial charge >= 0.3 is 0 Å². The highest BCUT2D eigenvalue weighted by atomic mass is 127. The van der Waals surface area contributed by atoms with E-state index in [1.807, 2.05) is 26.2 Å². The number of nitrogens with zero attached hydrogens (tertiary/aromatic N) is 3. The Labute approximate surface area is 194 Å². The maximum atomic E-state index is 5.68. The van der Waals surface area contributed by atoms with Crippen LogP contribution >= 0.6 is 35.3 Å². The highest BCUT2D eigenvalue weighted by molar-refractivity contribution is 14.0. The smallest absolute Gasteiger partial charge is 0.193 e. The maximum absolute atomic E-state index is 5.68. The molecular weight excluding hydrogens is 499 g/mol. The predicted molar refractivity (Wildman–Crippen MR) is 130 cm³/mol. The van der Waals surface area contributed by atoms with Gasteiger partial charge in [-0.3, -0.25) is 4.99 Å². The second-order valence-electron chi connectivity index (χ2n) is 7.93. The number of guanidine groups is 1. The Hall–Kier alpha value is -1.55. The van der Waals surface area contributed by atoms with Gasteiger partial charge in [0.25, 0.3) is 0 Å². The first-order valence-electron chi connectivity index (χ1n) is 9.62. The Bertz CT molecular complexity index is 832. The highest BCUT2D eigenvalue weighted by Gasteiger charge is 2.17. The third kappa shape index (κ3) is 6.47. The molecule has 1 N–H and O–H groups in total. The molecule has 0 fully saturated rings. The first-order chi connectivity index (χ1) is 13.4. The molecule has 0 bridgehead atoms. The van der Waals surface area contributed by atoms with Crippen molar-refractivity contribution in [3.05, 3.63) is 39.8 Å². The summed E-state index contributed by atoms with van der Waals surface area (Å²) in [5, 5.41) is 6.75. The quantitative estimate of drug-likeness (QED) is 0.359. The number of aromatic nitrogens is 1. The minimum Gasteiger partial charge on any atom is -0.486 e. The standard InChI is InChI=1S/C21H30N4O2S.HI/c1-21(2,3)18-14-28-19(24-18)8-9-23-20(22-4)25(5)13-15-6-7-16-17(12-15)27-11-10-26-16;/h6-7,12,14H,8-11,13H2,1-5H3,(H,22,23);1H. The maximum Gasteiger partial charge on any atom is 0.193 e. The average molecular weight is 530 g/mol. The van der Waals surface area contributed by atoms with E-state index in [2.05, 4.69) is 47.4 Å². The molecule has 6 nitrogen and oxygen atoms in total. The summed E-state index contributed by atoms with van der Waals surface area (Å²) in [7, 11) is 3.84. The molecule has 0 aliphatic carbocycles. The highest BCUT2D eigenvalue weighted by Crippen LogP contribution is 2.31. The van der Waals surface area contributed by atoms with Gasteiger partial charge in [0.05, 0.1) is 10.7 Å². The van der Waals surface area contributed by atoms with Gasteiger partial charge in [-0.2, -0.15) is 0 Å². The van der Waals surface area contributed by atoms with E-state index in [9.17, 15) is 0 Å². The van der Waals surface area contributed by atoms with Gasteiger partial charge in [-0.25, -0.2) is 4.98 Å². The van der Waals surface area contributed by atoms with E-state index < -0.39 is 0 Å². The van der Waals surface area contributed by atoms with Crippen LogP contribution < -0.4 is 14.8 Å². The number of ether oxygens (including phenoxy) is 2. The predicted octanol–water partition coefficient (Wildman–Crippen LogP) is 4.08. The van der Waals surface area contributed by atoms with Crippen molar-refractivity contribution in [3.63, 3.8) is 0 Å². The van der Waals surface area contributed by atoms with Crippen molar-refractivity contribution in [3.8, 4) is 11.5 Å². The number of hydrogen-bond donors (Lipinski definition) is 1. The van der Waals surface area contributed by atoms with Crippen molar-refractivity contribution >= 4 is 41.3 Å². The molecule has 0 unspecified atom stereocenters. The summed E-state index contributed by atoms with van der Waals surface area (Å²) in [6.45, 7) is 9.33. The van der Waals surface area contributed by atoms with Crippen molar-refractivity contribution in [2.24, 2.45) is 4.99 Å². The first-order valence-corrected chi connectivity index (χ1v) is 10.5. The number of aliphatic imine (C=N–C) groups is 1. The minimum atomic E-state index is 0. The molecular formula is C21H31IN4O2S. The summed E-state index contributed by atoms with van der Waals surface area (Å²) in [5.41, 5.74) is 2.42. The molecule has 1 aliphatic rings. The van der Waals surface area contributed by atoms with Crippen molar-refractivity contribution in [1.29, 1.82) is 0 Å². The Kier molecular flexibility index (Phi) is 8.57. The van der Waals surface area contributed by atoms with Gasteiger partial charge in [0.15, 0.2) is 17.5 Å². The van der Waals surface area contributed by atoms with Gasteiger partial charge in [-0.05, 0) is 17.7 Å². The van der Waals surface area contributed by atoms with Crippen molar-refractivity contribution in [2.75, 3.05) is 33.9 Å². The van der Waals surface area contributed by atoms with Crippen LogP contribution in [0.25, 0.3) is 0 Å². The molecule has 2 aromatic rings. The molecule has 1 aromatic carbocycles. The van der Waals surface area contributed by atoms with Crippen LogP contribution in [0.4, 0.5) is 0 Å². The van der Waals surface area contributed by atoms with Gasteiger partial charge in [0.1, 0.15) is 13.2 Å². The number of fused-ring (bicyclic) bond motifs is 1. The summed E-state index contributed by atoms with van der Waals surface area (Å²) in [5.74, 6) is 2.50. The van der Waals surface area contributed by atoms with E-state index >= 15 is 0 Å². The summed E-state index contributed by atoms with van der Waals surface area (Å²) in [6.07, 6.45) is 0.887. The van der Waals surface area contributed by atoms with E-state index in [1.165, 1.54) is 0 Å². The molecule has 3 rings (SSSR count). The van der Waals surface area contributed by atoms with E-state index in [4.69, 9.17) is 14.5 Å². The molecule has 0 radical (unpaired) electrons. The molecule has 29 heavy (non-hydrogen) atoms. The molecule has 1 aliphatic heterocycles. The topological polar surface area (TPSA) is 59.0 Å². The lowest BCUT2D eigenvalue weighted by molar-refractivity contribution is 0.171. The Balaban J connectivity index is 0.00000300. The Morgan fingerprint density at radius 3 is 2.62 bits per heavy atom. The lowest BCUT2D eigenvalue weighted by Gasteiger charge is -2.23. The van der Waals surface area contributed by atoms with Crippen LogP contribution in [-0.4, -0.2) is 49.7 Å². The Morgan fingerprint density at radius 2 is 1.97 bits per heavy atom. The van der Waals surface area contributed by atoms with Crippen LogP contribution in [-0.2, 0) is 18.4 Å². The second-order valence-corrected chi connectivity index (χ2v) is 8.88. The summed E-state index contributed by atoms with van der Waals surface area (Å²) in [4.78, 5) is 11.3. The van der Waals surface area contributed by atoms with Crippen molar-refractivity contribution in [1.82, 2.24) is 15.2 Å². The second kappa shape index (κ2) is 10.5. The molecule has 0 saturated carbocycles. The SMILES string of the molecule is CN=C(NCCc1nc(C(C)(C)C)cs1)N(C)Cc1ccc2c(c1)OCCO2.I. The summed E-state index contributed by atoms with van der Waals surface area (Å²) in [6, 6.07) is 6.09. The van der Waals surface area contributed by atoms with Crippen molar-refractivity contribution in [2.45, 2.75) is 39.2 Å². The number of nitrogens with one attached hydrogen (secondary N) is 1. The van der Waals surface area contributed by atoms with Crippen LogP contribution in [0, 0.1) is 0 Å². The van der Waals surface area contributed by atoms with Crippen LogP contribution in [0.5, 0.6) is 11.5 Å². The van der Waals surface area contributed by atoms with Gasteiger partial charge < -0.3 is 19.7 Å². The molecule has 0 saturated heterocycles. The summed E-state index contributed by atoms with van der Waals surface area (Å²) < 4.78 is 11.3. The fraction of sp³-hybridized carbons (Fsp3) is 0.524. The van der Waals surface area contributed by atoms with E-state index in [-0.39, 0.29) is 29.4 Å². The zero-order valence-electron chi connectivity index (χ0n) is 17.8. The molecule has 160 valence electrons. The van der Waals surface area contributed by atoms with Crippen LogP contribution in [0.1, 0.15) is 37.0 Å². The Morgan fingerprint density at radius 1 is 1.24 bits per heavy atom. The van der Waals surface area contributed by atoms with E-state index in [0.717, 1.165) is 53.2 Å². The lowest BCUT2D eigenvalue weighted by atomic mass is 9.93. The zero-order chi connectivity index (χ0) is 20.1. The van der Waals surface area contributed by atoms with Gasteiger partial charge in [0, 0.05) is 44.4 Å². The number of hydrogen-bond acceptors (Lipinski definition) is 5. The fourth-order valence-electron chi connectivity index (χ4n) is 2.97. The molecule has 2 heterocycles. The van der Waals surface area contributed by atoms with Gasteiger partial charge in [0.2, 0.25) is 0 Å². The van der Waals surface area contributed by atoms with E-state index in [0.29, 0.717) is 13.2 Å². The first kappa shape index (κ1) is 23.7. The third-order valence-corrected chi connectivity index (χ3v) is 5.45. The molecule has 1 aromatic heterocycles. The fourth-order valence-corrected chi connectivity index (χ4v) is 4.00. The third-order valence-electron chi connectivity index (χ3n) is 4.54. The number of rotatable bonds is 5. The lowest BCUT2D eigenvalue weighted by Crippen LogP contribution is -2.39. The van der Waals surface area contributed by atoms with Gasteiger partial charge in [-0.1, -0.05) is 26.8 Å². The largest absolute Gasteiger partial charge is 0.486 e.